The molecule has 0 bridgehead atoms. The van der Waals surface area contributed by atoms with Gasteiger partial charge in [-0.3, -0.25) is 4.79 Å². The van der Waals surface area contributed by atoms with Crippen LogP contribution in [0.5, 0.6) is 0 Å². The standard InChI is InChI=1S/C13H18N2O3/c14-10(6-9-4-2-1-3-5-9)13(18)15-7-11(16)12(17)8-15/h1-5,10-12,16-17H,6-8,14H2/t10-,11?,12?/m1/s1. The molecular formula is C13H18N2O3. The van der Waals surface area contributed by atoms with Gasteiger partial charge in [0.15, 0.2) is 0 Å². The third-order valence-electron chi connectivity index (χ3n) is 3.19. The van der Waals surface area contributed by atoms with Gasteiger partial charge in [0.2, 0.25) is 5.91 Å². The first-order valence-electron chi connectivity index (χ1n) is 6.02. The maximum Gasteiger partial charge on any atom is 0.240 e. The smallest absolute Gasteiger partial charge is 0.240 e. The number of hydrogen-bond acceptors (Lipinski definition) is 4. The summed E-state index contributed by atoms with van der Waals surface area (Å²) in [5.41, 5.74) is 6.86. The van der Waals surface area contributed by atoms with Crippen LogP contribution in [0, 0.1) is 0 Å². The van der Waals surface area contributed by atoms with E-state index in [4.69, 9.17) is 5.73 Å². The number of likely N-dealkylation sites (tertiary alicyclic amines) is 1. The van der Waals surface area contributed by atoms with Gasteiger partial charge in [0.25, 0.3) is 0 Å². The topological polar surface area (TPSA) is 86.8 Å². The third-order valence-corrected chi connectivity index (χ3v) is 3.19. The molecule has 1 saturated heterocycles. The molecule has 98 valence electrons. The number of carbonyl (C=O) groups is 1. The van der Waals surface area contributed by atoms with Crippen molar-refractivity contribution < 1.29 is 15.0 Å². The van der Waals surface area contributed by atoms with Gasteiger partial charge < -0.3 is 20.8 Å². The van der Waals surface area contributed by atoms with Crippen LogP contribution in [0.3, 0.4) is 0 Å². The lowest BCUT2D eigenvalue weighted by Crippen LogP contribution is -2.44. The quantitative estimate of drug-likeness (QED) is 0.650. The van der Waals surface area contributed by atoms with Crippen molar-refractivity contribution in [1.29, 1.82) is 0 Å². The number of nitrogens with zero attached hydrogens (tertiary/aromatic N) is 1. The second-order valence-corrected chi connectivity index (χ2v) is 4.67. The molecule has 0 aliphatic carbocycles. The van der Waals surface area contributed by atoms with Crippen LogP contribution in [-0.2, 0) is 11.2 Å². The minimum absolute atomic E-state index is 0.155. The fourth-order valence-corrected chi connectivity index (χ4v) is 2.14. The van der Waals surface area contributed by atoms with Crippen molar-refractivity contribution in [3.63, 3.8) is 0 Å². The first-order valence-corrected chi connectivity index (χ1v) is 6.02. The number of hydrogen-bond donors (Lipinski definition) is 3. The van der Waals surface area contributed by atoms with Gasteiger partial charge in [0, 0.05) is 13.1 Å². The Kier molecular flexibility index (Phi) is 3.96. The molecule has 1 aromatic rings. The highest BCUT2D eigenvalue weighted by Crippen LogP contribution is 2.12. The summed E-state index contributed by atoms with van der Waals surface area (Å²) in [5.74, 6) is -0.227. The van der Waals surface area contributed by atoms with Gasteiger partial charge in [-0.25, -0.2) is 0 Å². The zero-order chi connectivity index (χ0) is 13.1. The molecule has 3 atom stereocenters. The van der Waals surface area contributed by atoms with Crippen molar-refractivity contribution in [1.82, 2.24) is 4.90 Å². The molecule has 0 radical (unpaired) electrons. The molecule has 0 spiro atoms. The number of aliphatic hydroxyl groups is 2. The molecule has 18 heavy (non-hydrogen) atoms. The Morgan fingerprint density at radius 3 is 2.39 bits per heavy atom. The molecule has 2 rings (SSSR count). The highest BCUT2D eigenvalue weighted by molar-refractivity contribution is 5.82. The van der Waals surface area contributed by atoms with E-state index in [-0.39, 0.29) is 19.0 Å². The summed E-state index contributed by atoms with van der Waals surface area (Å²) in [6.45, 7) is 0.310. The summed E-state index contributed by atoms with van der Waals surface area (Å²) in [6, 6.07) is 8.90. The average molecular weight is 250 g/mol. The van der Waals surface area contributed by atoms with Crippen LogP contribution in [0.25, 0.3) is 0 Å². The van der Waals surface area contributed by atoms with E-state index in [0.29, 0.717) is 6.42 Å². The van der Waals surface area contributed by atoms with E-state index in [1.165, 1.54) is 4.90 Å². The first-order chi connectivity index (χ1) is 8.58. The summed E-state index contributed by atoms with van der Waals surface area (Å²) in [4.78, 5) is 13.4. The van der Waals surface area contributed by atoms with Gasteiger partial charge in [0.1, 0.15) is 0 Å². The van der Waals surface area contributed by atoms with Crippen LogP contribution in [0.2, 0.25) is 0 Å². The Morgan fingerprint density at radius 1 is 1.28 bits per heavy atom. The molecule has 1 aromatic carbocycles. The van der Waals surface area contributed by atoms with E-state index in [9.17, 15) is 15.0 Å². The van der Waals surface area contributed by atoms with Crippen molar-refractivity contribution in [2.45, 2.75) is 24.7 Å². The monoisotopic (exact) mass is 250 g/mol. The Labute approximate surface area is 106 Å². The molecule has 1 aliphatic rings. The van der Waals surface area contributed by atoms with Gasteiger partial charge in [0.05, 0.1) is 18.2 Å². The fraction of sp³-hybridized carbons (Fsp3) is 0.462. The normalized spacial score (nSPS) is 25.2. The largest absolute Gasteiger partial charge is 0.388 e. The van der Waals surface area contributed by atoms with Crippen LogP contribution in [0.15, 0.2) is 30.3 Å². The van der Waals surface area contributed by atoms with Crippen molar-refractivity contribution in [2.24, 2.45) is 5.73 Å². The molecule has 1 amide bonds. The third kappa shape index (κ3) is 2.87. The molecule has 0 saturated carbocycles. The molecule has 5 nitrogen and oxygen atoms in total. The second kappa shape index (κ2) is 5.48. The van der Waals surface area contributed by atoms with Crippen LogP contribution in [0.4, 0.5) is 0 Å². The summed E-state index contributed by atoms with van der Waals surface area (Å²) in [6.07, 6.45) is -1.27. The molecule has 1 fully saturated rings. The van der Waals surface area contributed by atoms with Crippen LogP contribution in [0.1, 0.15) is 5.56 Å². The molecule has 4 N–H and O–H groups in total. The molecule has 1 aliphatic heterocycles. The summed E-state index contributed by atoms with van der Waals surface area (Å²) >= 11 is 0. The lowest BCUT2D eigenvalue weighted by molar-refractivity contribution is -0.132. The molecule has 2 unspecified atom stereocenters. The predicted molar refractivity (Wildman–Crippen MR) is 66.7 cm³/mol. The second-order valence-electron chi connectivity index (χ2n) is 4.67. The van der Waals surface area contributed by atoms with Gasteiger partial charge in [-0.2, -0.15) is 0 Å². The van der Waals surface area contributed by atoms with Crippen molar-refractivity contribution in [2.75, 3.05) is 13.1 Å². The number of carbonyl (C=O) groups excluding carboxylic acids is 1. The Balaban J connectivity index is 1.93. The Morgan fingerprint density at radius 2 is 1.83 bits per heavy atom. The van der Waals surface area contributed by atoms with Crippen LogP contribution >= 0.6 is 0 Å². The molecular weight excluding hydrogens is 232 g/mol. The number of aliphatic hydroxyl groups excluding tert-OH is 2. The lowest BCUT2D eigenvalue weighted by Gasteiger charge is -2.20. The lowest BCUT2D eigenvalue weighted by atomic mass is 10.1. The van der Waals surface area contributed by atoms with E-state index >= 15 is 0 Å². The highest BCUT2D eigenvalue weighted by atomic mass is 16.3. The number of rotatable bonds is 3. The maximum atomic E-state index is 12.0. The molecule has 5 heteroatoms. The minimum Gasteiger partial charge on any atom is -0.388 e. The van der Waals surface area contributed by atoms with Gasteiger partial charge in [-0.15, -0.1) is 0 Å². The van der Waals surface area contributed by atoms with Crippen molar-refractivity contribution in [3.05, 3.63) is 35.9 Å². The average Bonchev–Trinajstić information content (AvgIpc) is 2.70. The van der Waals surface area contributed by atoms with Crippen LogP contribution < -0.4 is 5.73 Å². The first kappa shape index (κ1) is 13.0. The SMILES string of the molecule is N[C@H](Cc1ccccc1)C(=O)N1CC(O)C(O)C1. The zero-order valence-corrected chi connectivity index (χ0v) is 10.1. The van der Waals surface area contributed by atoms with Gasteiger partial charge in [-0.05, 0) is 12.0 Å². The van der Waals surface area contributed by atoms with E-state index in [1.807, 2.05) is 30.3 Å². The Hall–Kier alpha value is -1.43. The predicted octanol–water partition coefficient (Wildman–Crippen LogP) is -0.880. The van der Waals surface area contributed by atoms with Crippen LogP contribution in [-0.4, -0.2) is 52.4 Å². The van der Waals surface area contributed by atoms with Gasteiger partial charge in [-0.1, -0.05) is 30.3 Å². The van der Waals surface area contributed by atoms with E-state index in [0.717, 1.165) is 5.56 Å². The summed E-state index contributed by atoms with van der Waals surface area (Å²) < 4.78 is 0. The summed E-state index contributed by atoms with van der Waals surface area (Å²) in [5, 5.41) is 18.8. The van der Waals surface area contributed by atoms with E-state index in [2.05, 4.69) is 0 Å². The fourth-order valence-electron chi connectivity index (χ4n) is 2.14. The number of amides is 1. The zero-order valence-electron chi connectivity index (χ0n) is 10.1. The van der Waals surface area contributed by atoms with Gasteiger partial charge >= 0.3 is 0 Å². The van der Waals surface area contributed by atoms with Crippen molar-refractivity contribution in [3.8, 4) is 0 Å². The minimum atomic E-state index is -0.863. The highest BCUT2D eigenvalue weighted by Gasteiger charge is 2.34. The van der Waals surface area contributed by atoms with Crippen molar-refractivity contribution >= 4 is 5.91 Å². The molecule has 1 heterocycles. The maximum absolute atomic E-state index is 12.0. The summed E-state index contributed by atoms with van der Waals surface area (Å²) in [7, 11) is 0. The number of β-amino-alcohol motifs (C(OH)–C–C–N with tert-alkyl or cyclic N) is 2. The van der Waals surface area contributed by atoms with E-state index in [1.54, 1.807) is 0 Å². The Bertz CT molecular complexity index is 400. The number of nitrogens with two attached hydrogens (primary N) is 1. The number of benzene rings is 1. The molecule has 0 aromatic heterocycles. The van der Waals surface area contributed by atoms with E-state index < -0.39 is 18.2 Å².